The number of hydrogen-bond donors (Lipinski definition) is 1. The van der Waals surface area contributed by atoms with E-state index in [1.807, 2.05) is 66.7 Å². The fraction of sp³-hybridized carbons (Fsp3) is 0. The van der Waals surface area contributed by atoms with E-state index < -0.39 is 0 Å². The largest absolute Gasteiger partial charge is 0.516 e. The summed E-state index contributed by atoms with van der Waals surface area (Å²) in [6.45, 7) is 7.32. The van der Waals surface area contributed by atoms with Gasteiger partial charge < -0.3 is 5.11 Å². The number of aliphatic hydroxyl groups is 1. The second kappa shape index (κ2) is 8.54. The third-order valence-corrected chi connectivity index (χ3v) is 2.47. The molecule has 0 unspecified atom stereocenters. The van der Waals surface area contributed by atoms with E-state index in [-0.39, 0.29) is 0 Å². The molecule has 19 heavy (non-hydrogen) atoms. The Balaban J connectivity index is 0.000000191. The van der Waals surface area contributed by atoms with Gasteiger partial charge in [0.1, 0.15) is 0 Å². The quantitative estimate of drug-likeness (QED) is 0.743. The summed E-state index contributed by atoms with van der Waals surface area (Å²) >= 11 is 0. The van der Waals surface area contributed by atoms with E-state index in [9.17, 15) is 0 Å². The van der Waals surface area contributed by atoms with E-state index in [4.69, 9.17) is 5.11 Å². The highest BCUT2D eigenvalue weighted by Gasteiger charge is 1.84. The van der Waals surface area contributed by atoms with Crippen LogP contribution in [0.15, 0.2) is 74.0 Å². The maximum absolute atomic E-state index is 8.34. The van der Waals surface area contributed by atoms with Gasteiger partial charge in [-0.2, -0.15) is 0 Å². The molecule has 0 bridgehead atoms. The summed E-state index contributed by atoms with van der Waals surface area (Å²) in [5, 5.41) is 8.34. The van der Waals surface area contributed by atoms with Crippen LogP contribution < -0.4 is 0 Å². The Bertz CT molecular complexity index is 494. The fourth-order valence-electron chi connectivity index (χ4n) is 1.42. The number of rotatable bonds is 3. The molecule has 0 aliphatic carbocycles. The van der Waals surface area contributed by atoms with Crippen LogP contribution in [0.4, 0.5) is 0 Å². The second-order valence-corrected chi connectivity index (χ2v) is 3.80. The lowest BCUT2D eigenvalue weighted by atomic mass is 10.1. The van der Waals surface area contributed by atoms with Crippen LogP contribution in [-0.2, 0) is 0 Å². The van der Waals surface area contributed by atoms with Crippen LogP contribution in [0.1, 0.15) is 16.7 Å². The second-order valence-electron chi connectivity index (χ2n) is 3.80. The summed E-state index contributed by atoms with van der Waals surface area (Å²) < 4.78 is 0. The van der Waals surface area contributed by atoms with Gasteiger partial charge in [-0.3, -0.25) is 0 Å². The topological polar surface area (TPSA) is 20.2 Å². The summed E-state index contributed by atoms with van der Waals surface area (Å²) in [7, 11) is 0. The molecule has 2 rings (SSSR count). The van der Waals surface area contributed by atoms with Crippen molar-refractivity contribution in [2.24, 2.45) is 0 Å². The molecule has 1 nitrogen and oxygen atoms in total. The van der Waals surface area contributed by atoms with Gasteiger partial charge in [-0.05, 0) is 22.8 Å². The first-order valence-corrected chi connectivity index (χ1v) is 6.01. The third-order valence-electron chi connectivity index (χ3n) is 2.47. The lowest BCUT2D eigenvalue weighted by Gasteiger charge is -1.92. The van der Waals surface area contributed by atoms with Crippen LogP contribution in [0.2, 0.25) is 0 Å². The Morgan fingerprint density at radius 1 is 0.684 bits per heavy atom. The molecule has 0 saturated carbocycles. The maximum Gasteiger partial charge on any atom is 0.0797 e. The molecule has 1 heteroatoms. The molecule has 0 spiro atoms. The van der Waals surface area contributed by atoms with E-state index in [0.29, 0.717) is 0 Å². The van der Waals surface area contributed by atoms with E-state index in [2.05, 4.69) is 13.2 Å². The van der Waals surface area contributed by atoms with Crippen molar-refractivity contribution in [1.29, 1.82) is 0 Å². The monoisotopic (exact) mass is 250 g/mol. The molecule has 0 heterocycles. The lowest BCUT2D eigenvalue weighted by Crippen LogP contribution is -1.71. The highest BCUT2D eigenvalue weighted by Crippen LogP contribution is 2.05. The summed E-state index contributed by atoms with van der Waals surface area (Å²) in [5.74, 6) is 0. The van der Waals surface area contributed by atoms with Crippen molar-refractivity contribution >= 4 is 18.2 Å². The van der Waals surface area contributed by atoms with Gasteiger partial charge in [0.15, 0.2) is 0 Å². The van der Waals surface area contributed by atoms with Crippen molar-refractivity contribution in [2.75, 3.05) is 0 Å². The predicted molar refractivity (Wildman–Crippen MR) is 84.7 cm³/mol. The summed E-state index contributed by atoms with van der Waals surface area (Å²) in [6.07, 6.45) is 6.33. The molecule has 0 saturated heterocycles. The molecule has 2 aromatic rings. The Morgan fingerprint density at radius 3 is 1.53 bits per heavy atom. The summed E-state index contributed by atoms with van der Waals surface area (Å²) in [6, 6.07) is 17.7. The van der Waals surface area contributed by atoms with Crippen LogP contribution in [0, 0.1) is 0 Å². The van der Waals surface area contributed by atoms with Crippen molar-refractivity contribution in [1.82, 2.24) is 0 Å². The minimum absolute atomic E-state index is 1.01. The molecular formula is C18H18O. The van der Waals surface area contributed by atoms with Gasteiger partial charge in [0, 0.05) is 0 Å². The molecule has 0 aromatic heterocycles. The first-order valence-electron chi connectivity index (χ1n) is 6.01. The van der Waals surface area contributed by atoms with Crippen molar-refractivity contribution in [3.8, 4) is 0 Å². The molecule has 0 radical (unpaired) electrons. The molecule has 96 valence electrons. The third kappa shape index (κ3) is 5.55. The standard InChI is InChI=1S/C10H10.C8H8O/c1-3-9-5-7-10(4-2)8-6-9;9-7-6-8-4-2-1-3-5-8/h3-8H,1-2H2;1-7,9H. The van der Waals surface area contributed by atoms with Crippen LogP contribution in [-0.4, -0.2) is 5.11 Å². The minimum Gasteiger partial charge on any atom is -0.516 e. The van der Waals surface area contributed by atoms with E-state index in [1.54, 1.807) is 6.08 Å². The molecule has 0 aliphatic heterocycles. The zero-order chi connectivity index (χ0) is 13.9. The molecule has 0 amide bonds. The normalized spacial score (nSPS) is 9.47. The molecule has 0 aliphatic rings. The molecule has 1 N–H and O–H groups in total. The maximum atomic E-state index is 8.34. The fourth-order valence-corrected chi connectivity index (χ4v) is 1.42. The van der Waals surface area contributed by atoms with Crippen molar-refractivity contribution in [2.45, 2.75) is 0 Å². The van der Waals surface area contributed by atoms with Crippen LogP contribution in [0.3, 0.4) is 0 Å². The zero-order valence-electron chi connectivity index (χ0n) is 10.9. The highest BCUT2D eigenvalue weighted by molar-refractivity contribution is 5.53. The zero-order valence-corrected chi connectivity index (χ0v) is 10.9. The van der Waals surface area contributed by atoms with Crippen molar-refractivity contribution in [3.63, 3.8) is 0 Å². The Morgan fingerprint density at radius 2 is 1.16 bits per heavy atom. The molecule has 0 fully saturated rings. The van der Waals surface area contributed by atoms with Gasteiger partial charge >= 0.3 is 0 Å². The lowest BCUT2D eigenvalue weighted by molar-refractivity contribution is 0.478. The van der Waals surface area contributed by atoms with Crippen molar-refractivity contribution in [3.05, 3.63) is 90.7 Å². The Kier molecular flexibility index (Phi) is 6.52. The van der Waals surface area contributed by atoms with Crippen LogP contribution in [0.25, 0.3) is 18.2 Å². The van der Waals surface area contributed by atoms with Crippen LogP contribution >= 0.6 is 0 Å². The molecule has 0 atom stereocenters. The average Bonchev–Trinajstić information content (AvgIpc) is 2.49. The molecule has 2 aromatic carbocycles. The van der Waals surface area contributed by atoms with Gasteiger partial charge in [-0.15, -0.1) is 0 Å². The minimum atomic E-state index is 1.01. The van der Waals surface area contributed by atoms with Gasteiger partial charge in [0.25, 0.3) is 0 Å². The van der Waals surface area contributed by atoms with Crippen LogP contribution in [0.5, 0.6) is 0 Å². The smallest absolute Gasteiger partial charge is 0.0797 e. The molecular weight excluding hydrogens is 232 g/mol. The summed E-state index contributed by atoms with van der Waals surface area (Å²) in [5.41, 5.74) is 3.30. The number of benzene rings is 2. The van der Waals surface area contributed by atoms with Gasteiger partial charge in [0.2, 0.25) is 0 Å². The van der Waals surface area contributed by atoms with E-state index in [1.165, 1.54) is 0 Å². The van der Waals surface area contributed by atoms with Gasteiger partial charge in [0.05, 0.1) is 6.26 Å². The van der Waals surface area contributed by atoms with E-state index >= 15 is 0 Å². The SMILES string of the molecule is C=Cc1ccc(C=C)cc1.OC=Cc1ccccc1. The number of aliphatic hydroxyl groups excluding tert-OH is 1. The Labute approximate surface area is 114 Å². The first-order chi connectivity index (χ1) is 9.30. The highest BCUT2D eigenvalue weighted by atomic mass is 16.2. The van der Waals surface area contributed by atoms with Crippen molar-refractivity contribution < 1.29 is 5.11 Å². The number of hydrogen-bond acceptors (Lipinski definition) is 1. The first kappa shape index (κ1) is 14.5. The summed E-state index contributed by atoms with van der Waals surface area (Å²) in [4.78, 5) is 0. The predicted octanol–water partition coefficient (Wildman–Crippen LogP) is 5.19. The van der Waals surface area contributed by atoms with Gasteiger partial charge in [-0.1, -0.05) is 79.9 Å². The van der Waals surface area contributed by atoms with Gasteiger partial charge in [-0.25, -0.2) is 0 Å². The average molecular weight is 250 g/mol. The Hall–Kier alpha value is -2.54. The van der Waals surface area contributed by atoms with E-state index in [0.717, 1.165) is 23.0 Å².